The molecular weight excluding hydrogens is 416 g/mol. The van der Waals surface area contributed by atoms with Crippen LogP contribution in [0.1, 0.15) is 46.5 Å². The van der Waals surface area contributed by atoms with Crippen LogP contribution in [0.2, 0.25) is 0 Å². The van der Waals surface area contributed by atoms with Gasteiger partial charge in [-0.3, -0.25) is 19.2 Å². The van der Waals surface area contributed by atoms with E-state index in [-0.39, 0.29) is 42.7 Å². The van der Waals surface area contributed by atoms with Crippen molar-refractivity contribution in [1.82, 2.24) is 21.3 Å². The van der Waals surface area contributed by atoms with Gasteiger partial charge in [0.2, 0.25) is 23.6 Å². The molecule has 3 unspecified atom stereocenters. The summed E-state index contributed by atoms with van der Waals surface area (Å²) < 4.78 is 4.86. The number of rotatable bonds is 12. The Hall–Kier alpha value is -2.91. The summed E-state index contributed by atoms with van der Waals surface area (Å²) in [5, 5.41) is 10.8. The number of carbonyl (C=O) groups excluding carboxylic acids is 5. The number of carbonyl (C=O) groups is 5. The van der Waals surface area contributed by atoms with Crippen molar-refractivity contribution in [2.24, 2.45) is 17.8 Å². The van der Waals surface area contributed by atoms with Crippen LogP contribution in [-0.4, -0.2) is 61.4 Å². The summed E-state index contributed by atoms with van der Waals surface area (Å²) in [4.78, 5) is 60.5. The first-order chi connectivity index (χ1) is 15.2. The Bertz CT molecular complexity index is 747. The molecule has 3 atom stereocenters. The molecule has 1 aliphatic carbocycles. The van der Waals surface area contributed by atoms with Crippen LogP contribution in [0.4, 0.5) is 0 Å². The van der Waals surface area contributed by atoms with Gasteiger partial charge in [-0.15, -0.1) is 0 Å². The zero-order valence-electron chi connectivity index (χ0n) is 18.9. The third kappa shape index (κ3) is 8.32. The van der Waals surface area contributed by atoms with Gasteiger partial charge >= 0.3 is 5.97 Å². The summed E-state index contributed by atoms with van der Waals surface area (Å²) in [7, 11) is 0. The van der Waals surface area contributed by atoms with Crippen LogP contribution in [0.5, 0.6) is 0 Å². The summed E-state index contributed by atoms with van der Waals surface area (Å²) in [6.45, 7) is 5.84. The first-order valence-electron chi connectivity index (χ1n) is 11.2. The molecule has 2 rings (SSSR count). The second-order valence-corrected chi connectivity index (χ2v) is 8.52. The zero-order chi connectivity index (χ0) is 23.7. The summed E-state index contributed by atoms with van der Waals surface area (Å²) in [5.74, 6) is -2.10. The number of hydrogen-bond donors (Lipinski definition) is 4. The Balaban J connectivity index is 1.90. The van der Waals surface area contributed by atoms with Gasteiger partial charge in [0.05, 0.1) is 13.2 Å². The van der Waals surface area contributed by atoms with Crippen LogP contribution < -0.4 is 21.3 Å². The predicted molar refractivity (Wildman–Crippen MR) is 116 cm³/mol. The second-order valence-electron chi connectivity index (χ2n) is 8.52. The topological polar surface area (TPSA) is 143 Å². The van der Waals surface area contributed by atoms with E-state index in [1.807, 2.05) is 13.8 Å². The van der Waals surface area contributed by atoms with Crippen LogP contribution in [-0.2, 0) is 28.7 Å². The SMILES string of the molecule is CCOC(=O)/C=C/C(CC1CCNC1=O)NC(=O)CNC(=O)C(NC(=O)C1CC1)C(C)C. The van der Waals surface area contributed by atoms with Gasteiger partial charge in [-0.1, -0.05) is 19.9 Å². The highest BCUT2D eigenvalue weighted by molar-refractivity contribution is 5.92. The Kier molecular flexibility index (Phi) is 9.67. The van der Waals surface area contributed by atoms with Crippen molar-refractivity contribution in [3.8, 4) is 0 Å². The van der Waals surface area contributed by atoms with E-state index in [1.165, 1.54) is 12.2 Å². The van der Waals surface area contributed by atoms with E-state index >= 15 is 0 Å². The van der Waals surface area contributed by atoms with Crippen molar-refractivity contribution in [2.45, 2.75) is 58.5 Å². The van der Waals surface area contributed by atoms with Crippen molar-refractivity contribution < 1.29 is 28.7 Å². The molecule has 4 N–H and O–H groups in total. The van der Waals surface area contributed by atoms with E-state index in [0.29, 0.717) is 19.4 Å². The molecule has 2 fully saturated rings. The maximum atomic E-state index is 12.5. The first kappa shape index (κ1) is 25.4. The van der Waals surface area contributed by atoms with Crippen molar-refractivity contribution >= 4 is 29.6 Å². The Morgan fingerprint density at radius 1 is 1.16 bits per heavy atom. The lowest BCUT2D eigenvalue weighted by atomic mass is 9.98. The molecule has 0 bridgehead atoms. The Morgan fingerprint density at radius 3 is 2.44 bits per heavy atom. The van der Waals surface area contributed by atoms with Crippen LogP contribution in [0, 0.1) is 17.8 Å². The molecule has 0 aromatic heterocycles. The minimum absolute atomic E-state index is 0.0212. The van der Waals surface area contributed by atoms with E-state index in [2.05, 4.69) is 21.3 Å². The van der Waals surface area contributed by atoms with Gasteiger partial charge in [-0.25, -0.2) is 4.79 Å². The first-order valence-corrected chi connectivity index (χ1v) is 11.2. The van der Waals surface area contributed by atoms with E-state index in [1.54, 1.807) is 6.92 Å². The largest absolute Gasteiger partial charge is 0.463 e. The molecule has 4 amide bonds. The lowest BCUT2D eigenvalue weighted by Gasteiger charge is -2.22. The fourth-order valence-electron chi connectivity index (χ4n) is 3.43. The summed E-state index contributed by atoms with van der Waals surface area (Å²) in [6.07, 6.45) is 5.36. The van der Waals surface area contributed by atoms with E-state index in [0.717, 1.165) is 12.8 Å². The molecule has 1 saturated heterocycles. The van der Waals surface area contributed by atoms with Gasteiger partial charge in [0, 0.05) is 30.5 Å². The molecule has 0 aromatic carbocycles. The molecule has 10 heteroatoms. The van der Waals surface area contributed by atoms with Gasteiger partial charge in [-0.05, 0) is 38.5 Å². The number of amides is 4. The summed E-state index contributed by atoms with van der Waals surface area (Å²) >= 11 is 0. The van der Waals surface area contributed by atoms with E-state index in [9.17, 15) is 24.0 Å². The van der Waals surface area contributed by atoms with E-state index < -0.39 is 29.9 Å². The minimum Gasteiger partial charge on any atom is -0.463 e. The highest BCUT2D eigenvalue weighted by atomic mass is 16.5. The van der Waals surface area contributed by atoms with Crippen molar-refractivity contribution in [3.63, 3.8) is 0 Å². The minimum atomic E-state index is -0.724. The van der Waals surface area contributed by atoms with Gasteiger partial charge in [0.25, 0.3) is 0 Å². The van der Waals surface area contributed by atoms with Crippen molar-refractivity contribution in [3.05, 3.63) is 12.2 Å². The molecule has 32 heavy (non-hydrogen) atoms. The highest BCUT2D eigenvalue weighted by Gasteiger charge is 2.34. The fraction of sp³-hybridized carbons (Fsp3) is 0.682. The Morgan fingerprint density at radius 2 is 1.88 bits per heavy atom. The molecular formula is C22H34N4O6. The molecule has 10 nitrogen and oxygen atoms in total. The average Bonchev–Trinajstić information content (AvgIpc) is 3.51. The highest BCUT2D eigenvalue weighted by Crippen LogP contribution is 2.29. The monoisotopic (exact) mass is 450 g/mol. The maximum Gasteiger partial charge on any atom is 0.330 e. The third-order valence-electron chi connectivity index (χ3n) is 5.42. The standard InChI is InChI=1S/C22H34N4O6/c1-4-32-18(28)8-7-16(11-15-9-10-23-20(15)29)25-17(27)12-24-22(31)19(13(2)3)26-21(30)14-5-6-14/h7-8,13-16,19H,4-6,9-12H2,1-3H3,(H,23,29)(H,24,31)(H,25,27)(H,26,30)/b8-7+. The molecule has 2 aliphatic rings. The van der Waals surface area contributed by atoms with Gasteiger partial charge in [0.1, 0.15) is 6.04 Å². The number of esters is 1. The molecule has 0 spiro atoms. The van der Waals surface area contributed by atoms with Crippen LogP contribution in [0.3, 0.4) is 0 Å². The maximum absolute atomic E-state index is 12.5. The lowest BCUT2D eigenvalue weighted by molar-refractivity contribution is -0.137. The summed E-state index contributed by atoms with van der Waals surface area (Å²) in [6, 6.07) is -1.30. The lowest BCUT2D eigenvalue weighted by Crippen LogP contribution is -2.52. The smallest absolute Gasteiger partial charge is 0.330 e. The van der Waals surface area contributed by atoms with Gasteiger partial charge in [0.15, 0.2) is 0 Å². The number of nitrogens with one attached hydrogen (secondary N) is 4. The van der Waals surface area contributed by atoms with Crippen molar-refractivity contribution in [1.29, 1.82) is 0 Å². The third-order valence-corrected chi connectivity index (χ3v) is 5.42. The molecule has 1 saturated carbocycles. The van der Waals surface area contributed by atoms with Gasteiger partial charge < -0.3 is 26.0 Å². The van der Waals surface area contributed by atoms with Crippen molar-refractivity contribution in [2.75, 3.05) is 19.7 Å². The number of hydrogen-bond acceptors (Lipinski definition) is 6. The van der Waals surface area contributed by atoms with E-state index in [4.69, 9.17) is 4.74 Å². The van der Waals surface area contributed by atoms with Crippen LogP contribution in [0.15, 0.2) is 12.2 Å². The second kappa shape index (κ2) is 12.2. The predicted octanol–water partition coefficient (Wildman–Crippen LogP) is -0.216. The normalized spacial score (nSPS) is 19.9. The quantitative estimate of drug-likeness (QED) is 0.239. The zero-order valence-corrected chi connectivity index (χ0v) is 18.9. The van der Waals surface area contributed by atoms with Crippen LogP contribution in [0.25, 0.3) is 0 Å². The molecule has 1 heterocycles. The molecule has 178 valence electrons. The summed E-state index contributed by atoms with van der Waals surface area (Å²) in [5.41, 5.74) is 0. The van der Waals surface area contributed by atoms with Crippen LogP contribution >= 0.6 is 0 Å². The molecule has 0 radical (unpaired) electrons. The Labute approximate surface area is 188 Å². The average molecular weight is 451 g/mol. The molecule has 0 aromatic rings. The van der Waals surface area contributed by atoms with Gasteiger partial charge in [-0.2, -0.15) is 0 Å². The fourth-order valence-corrected chi connectivity index (χ4v) is 3.43. The molecule has 1 aliphatic heterocycles. The number of ether oxygens (including phenoxy) is 1.